The Morgan fingerprint density at radius 1 is 1.18 bits per heavy atom. The molecule has 1 aromatic rings. The third kappa shape index (κ3) is 2.66. The molecule has 3 rings (SSSR count). The Hall–Kier alpha value is -2.43. The molecule has 0 aromatic heterocycles. The van der Waals surface area contributed by atoms with Gasteiger partial charge in [0.05, 0.1) is 11.8 Å². The molecule has 1 saturated heterocycles. The van der Waals surface area contributed by atoms with Gasteiger partial charge in [-0.1, -0.05) is 24.3 Å². The number of rotatable bonds is 3. The first kappa shape index (κ1) is 14.5. The lowest BCUT2D eigenvalue weighted by molar-refractivity contribution is -0.142. The molecule has 1 aliphatic carbocycles. The van der Waals surface area contributed by atoms with Crippen molar-refractivity contribution in [3.05, 3.63) is 42.0 Å². The SMILES string of the molecule is Cc1cccc(NC(=O)CN2C(=O)[C@H]3CC=CC[C@@H]3C2=O)c1. The van der Waals surface area contributed by atoms with Crippen LogP contribution in [0.5, 0.6) is 0 Å². The number of nitrogens with one attached hydrogen (secondary N) is 1. The van der Waals surface area contributed by atoms with Crippen molar-refractivity contribution >= 4 is 23.4 Å². The molecule has 1 heterocycles. The van der Waals surface area contributed by atoms with Crippen molar-refractivity contribution in [3.63, 3.8) is 0 Å². The van der Waals surface area contributed by atoms with Gasteiger partial charge in [0.15, 0.2) is 0 Å². The van der Waals surface area contributed by atoms with E-state index in [4.69, 9.17) is 0 Å². The Morgan fingerprint density at radius 2 is 1.82 bits per heavy atom. The standard InChI is InChI=1S/C17H18N2O3/c1-11-5-4-6-12(9-11)18-15(20)10-19-16(21)13-7-2-3-8-14(13)17(19)22/h2-6,9,13-14H,7-8,10H2,1H3,(H,18,20)/t13-,14-/m0/s1. The van der Waals surface area contributed by atoms with Crippen LogP contribution in [0.2, 0.25) is 0 Å². The molecular weight excluding hydrogens is 280 g/mol. The second kappa shape index (κ2) is 5.75. The maximum Gasteiger partial charge on any atom is 0.244 e. The van der Waals surface area contributed by atoms with Gasteiger partial charge in [0.2, 0.25) is 17.7 Å². The lowest BCUT2D eigenvalue weighted by Gasteiger charge is -2.14. The molecular formula is C17H18N2O3. The molecule has 0 radical (unpaired) electrons. The van der Waals surface area contributed by atoms with Gasteiger partial charge in [0, 0.05) is 5.69 Å². The normalized spacial score (nSPS) is 23.6. The van der Waals surface area contributed by atoms with Crippen LogP contribution in [-0.2, 0) is 14.4 Å². The molecule has 5 nitrogen and oxygen atoms in total. The molecule has 3 amide bonds. The number of fused-ring (bicyclic) bond motifs is 1. The molecule has 22 heavy (non-hydrogen) atoms. The number of hydrogen-bond donors (Lipinski definition) is 1. The van der Waals surface area contributed by atoms with Crippen LogP contribution in [0.1, 0.15) is 18.4 Å². The van der Waals surface area contributed by atoms with Gasteiger partial charge in [-0.15, -0.1) is 0 Å². The summed E-state index contributed by atoms with van der Waals surface area (Å²) in [7, 11) is 0. The van der Waals surface area contributed by atoms with Gasteiger partial charge in [0.25, 0.3) is 0 Å². The Balaban J connectivity index is 1.67. The number of benzene rings is 1. The summed E-state index contributed by atoms with van der Waals surface area (Å²) in [6, 6.07) is 7.40. The highest BCUT2D eigenvalue weighted by molar-refractivity contribution is 6.08. The predicted octanol–water partition coefficient (Wildman–Crippen LogP) is 1.88. The number of allylic oxidation sites excluding steroid dienone is 2. The molecule has 1 aromatic carbocycles. The quantitative estimate of drug-likeness (QED) is 0.684. The van der Waals surface area contributed by atoms with Crippen molar-refractivity contribution < 1.29 is 14.4 Å². The summed E-state index contributed by atoms with van der Waals surface area (Å²) in [5, 5.41) is 2.73. The maximum absolute atomic E-state index is 12.3. The van der Waals surface area contributed by atoms with Crippen LogP contribution in [0.4, 0.5) is 5.69 Å². The van der Waals surface area contributed by atoms with E-state index in [1.807, 2.05) is 37.3 Å². The van der Waals surface area contributed by atoms with Crippen molar-refractivity contribution in [2.24, 2.45) is 11.8 Å². The average molecular weight is 298 g/mol. The predicted molar refractivity (Wildman–Crippen MR) is 81.9 cm³/mol. The molecule has 0 saturated carbocycles. The fourth-order valence-electron chi connectivity index (χ4n) is 3.09. The minimum atomic E-state index is -0.348. The molecule has 2 aliphatic rings. The molecule has 1 aliphatic heterocycles. The smallest absolute Gasteiger partial charge is 0.244 e. The molecule has 0 bridgehead atoms. The van der Waals surface area contributed by atoms with Crippen LogP contribution < -0.4 is 5.32 Å². The number of imide groups is 1. The van der Waals surface area contributed by atoms with E-state index in [0.717, 1.165) is 10.5 Å². The monoisotopic (exact) mass is 298 g/mol. The summed E-state index contributed by atoms with van der Waals surface area (Å²) in [5.41, 5.74) is 1.70. The van der Waals surface area contributed by atoms with Gasteiger partial charge in [-0.3, -0.25) is 19.3 Å². The van der Waals surface area contributed by atoms with Crippen molar-refractivity contribution in [1.82, 2.24) is 4.90 Å². The summed E-state index contributed by atoms with van der Waals surface area (Å²) < 4.78 is 0. The fourth-order valence-corrected chi connectivity index (χ4v) is 3.09. The maximum atomic E-state index is 12.3. The summed E-state index contributed by atoms with van der Waals surface area (Å²) in [6.45, 7) is 1.72. The van der Waals surface area contributed by atoms with Gasteiger partial charge in [-0.05, 0) is 37.5 Å². The molecule has 5 heteroatoms. The van der Waals surface area contributed by atoms with Crippen molar-refractivity contribution in [2.45, 2.75) is 19.8 Å². The van der Waals surface area contributed by atoms with Crippen molar-refractivity contribution in [2.75, 3.05) is 11.9 Å². The van der Waals surface area contributed by atoms with Gasteiger partial charge in [0.1, 0.15) is 6.54 Å². The summed E-state index contributed by atoms with van der Waals surface area (Å²) in [4.78, 5) is 37.8. The third-order valence-corrected chi connectivity index (χ3v) is 4.20. The topological polar surface area (TPSA) is 66.5 Å². The lowest BCUT2D eigenvalue weighted by atomic mass is 9.85. The number of carbonyl (C=O) groups excluding carboxylic acids is 3. The summed E-state index contributed by atoms with van der Waals surface area (Å²) >= 11 is 0. The van der Waals surface area contributed by atoms with E-state index in [1.54, 1.807) is 6.07 Å². The number of likely N-dealkylation sites (tertiary alicyclic amines) is 1. The zero-order chi connectivity index (χ0) is 15.7. The number of hydrogen-bond acceptors (Lipinski definition) is 3. The zero-order valence-electron chi connectivity index (χ0n) is 12.4. The number of aryl methyl sites for hydroxylation is 1. The molecule has 0 unspecified atom stereocenters. The Kier molecular flexibility index (Phi) is 3.79. The van der Waals surface area contributed by atoms with Gasteiger partial charge in [-0.2, -0.15) is 0 Å². The van der Waals surface area contributed by atoms with Gasteiger partial charge in [-0.25, -0.2) is 0 Å². The average Bonchev–Trinajstić information content (AvgIpc) is 2.73. The third-order valence-electron chi connectivity index (χ3n) is 4.20. The first-order chi connectivity index (χ1) is 10.6. The zero-order valence-corrected chi connectivity index (χ0v) is 12.4. The van der Waals surface area contributed by atoms with Crippen LogP contribution >= 0.6 is 0 Å². The first-order valence-corrected chi connectivity index (χ1v) is 7.43. The van der Waals surface area contributed by atoms with E-state index in [0.29, 0.717) is 18.5 Å². The van der Waals surface area contributed by atoms with Gasteiger partial charge >= 0.3 is 0 Å². The number of anilines is 1. The largest absolute Gasteiger partial charge is 0.325 e. The lowest BCUT2D eigenvalue weighted by Crippen LogP contribution is -2.38. The Morgan fingerprint density at radius 3 is 2.41 bits per heavy atom. The number of amides is 3. The highest BCUT2D eigenvalue weighted by atomic mass is 16.2. The van der Waals surface area contributed by atoms with E-state index >= 15 is 0 Å². The van der Waals surface area contributed by atoms with Crippen LogP contribution in [0.25, 0.3) is 0 Å². The van der Waals surface area contributed by atoms with E-state index in [1.165, 1.54) is 0 Å². The Labute approximate surface area is 129 Å². The van der Waals surface area contributed by atoms with Crippen molar-refractivity contribution in [3.8, 4) is 0 Å². The molecule has 114 valence electrons. The molecule has 2 atom stereocenters. The van der Waals surface area contributed by atoms with Crippen LogP contribution in [0.15, 0.2) is 36.4 Å². The number of carbonyl (C=O) groups is 3. The molecule has 0 spiro atoms. The summed E-state index contributed by atoms with van der Waals surface area (Å²) in [6.07, 6.45) is 5.04. The van der Waals surface area contributed by atoms with Gasteiger partial charge < -0.3 is 5.32 Å². The van der Waals surface area contributed by atoms with E-state index < -0.39 is 0 Å². The van der Waals surface area contributed by atoms with Crippen LogP contribution in [0, 0.1) is 18.8 Å². The van der Waals surface area contributed by atoms with Crippen LogP contribution in [0.3, 0.4) is 0 Å². The second-order valence-electron chi connectivity index (χ2n) is 5.84. The fraction of sp³-hybridized carbons (Fsp3) is 0.353. The Bertz CT molecular complexity index is 640. The highest BCUT2D eigenvalue weighted by Crippen LogP contribution is 2.34. The first-order valence-electron chi connectivity index (χ1n) is 7.43. The minimum absolute atomic E-state index is 0.210. The van der Waals surface area contributed by atoms with Crippen LogP contribution in [-0.4, -0.2) is 29.2 Å². The van der Waals surface area contributed by atoms with E-state index in [9.17, 15) is 14.4 Å². The molecule has 1 fully saturated rings. The number of nitrogens with zero attached hydrogens (tertiary/aromatic N) is 1. The summed E-state index contributed by atoms with van der Waals surface area (Å²) in [5.74, 6) is -1.37. The van der Waals surface area contributed by atoms with Crippen molar-refractivity contribution in [1.29, 1.82) is 0 Å². The minimum Gasteiger partial charge on any atom is -0.325 e. The van der Waals surface area contributed by atoms with E-state index in [-0.39, 0.29) is 36.1 Å². The highest BCUT2D eigenvalue weighted by Gasteiger charge is 2.47. The second-order valence-corrected chi connectivity index (χ2v) is 5.84. The molecule has 1 N–H and O–H groups in total. The van der Waals surface area contributed by atoms with E-state index in [2.05, 4.69) is 5.32 Å².